The maximum absolute atomic E-state index is 2.50. The summed E-state index contributed by atoms with van der Waals surface area (Å²) in [5, 5.41) is 2.50. The third-order valence-electron chi connectivity index (χ3n) is 13.0. The molecule has 11 rings (SSSR count). The molecule has 54 heavy (non-hydrogen) atoms. The fourth-order valence-electron chi connectivity index (χ4n) is 10.5. The molecule has 2 heteroatoms. The second kappa shape index (κ2) is 11.2. The summed E-state index contributed by atoms with van der Waals surface area (Å²) in [6, 6.07) is 58.4. The van der Waals surface area contributed by atoms with Crippen LogP contribution in [-0.2, 0) is 17.3 Å². The van der Waals surface area contributed by atoms with Crippen LogP contribution in [-0.4, -0.2) is 4.57 Å². The van der Waals surface area contributed by atoms with Crippen molar-refractivity contribution in [2.45, 2.75) is 44.9 Å². The Balaban J connectivity index is 1.07. The zero-order valence-electron chi connectivity index (χ0n) is 31.3. The van der Waals surface area contributed by atoms with Gasteiger partial charge in [0.25, 0.3) is 0 Å². The van der Waals surface area contributed by atoms with Crippen LogP contribution >= 0.6 is 0 Å². The van der Waals surface area contributed by atoms with E-state index in [2.05, 4.69) is 201 Å². The average molecular weight is 695 g/mol. The third-order valence-corrected chi connectivity index (χ3v) is 13.0. The topological polar surface area (TPSA) is 8.17 Å². The lowest BCUT2D eigenvalue weighted by Gasteiger charge is -2.35. The van der Waals surface area contributed by atoms with Gasteiger partial charge >= 0.3 is 0 Å². The zero-order valence-corrected chi connectivity index (χ0v) is 31.3. The van der Waals surface area contributed by atoms with Crippen molar-refractivity contribution in [2.24, 2.45) is 5.92 Å². The van der Waals surface area contributed by atoms with Gasteiger partial charge in [-0.1, -0.05) is 131 Å². The normalized spacial score (nSPS) is 17.0. The summed E-state index contributed by atoms with van der Waals surface area (Å²) >= 11 is 0. The maximum atomic E-state index is 2.50. The van der Waals surface area contributed by atoms with Gasteiger partial charge in [-0.05, 0) is 128 Å². The summed E-state index contributed by atoms with van der Waals surface area (Å²) in [6.45, 7) is 9.91. The van der Waals surface area contributed by atoms with Crippen LogP contribution in [0.1, 0.15) is 61.1 Å². The molecule has 260 valence electrons. The number of para-hydroxylation sites is 3. The lowest BCUT2D eigenvalue weighted by molar-refractivity contribution is 0.403. The minimum absolute atomic E-state index is 0.0204. The Hall–Kier alpha value is -6.12. The Morgan fingerprint density at radius 2 is 1.19 bits per heavy atom. The van der Waals surface area contributed by atoms with Gasteiger partial charge in [0.05, 0.1) is 11.0 Å². The van der Waals surface area contributed by atoms with Gasteiger partial charge in [-0.15, -0.1) is 0 Å². The van der Waals surface area contributed by atoms with Crippen LogP contribution in [0.4, 0.5) is 17.1 Å². The quantitative estimate of drug-likeness (QED) is 0.178. The highest BCUT2D eigenvalue weighted by molar-refractivity contribution is 6.10. The van der Waals surface area contributed by atoms with E-state index >= 15 is 0 Å². The van der Waals surface area contributed by atoms with Gasteiger partial charge in [0.15, 0.2) is 0 Å². The number of aromatic nitrogens is 1. The zero-order chi connectivity index (χ0) is 36.3. The number of anilines is 3. The highest BCUT2D eigenvalue weighted by Gasteiger charge is 2.50. The van der Waals surface area contributed by atoms with Gasteiger partial charge in [0.1, 0.15) is 0 Å². The van der Waals surface area contributed by atoms with Crippen molar-refractivity contribution < 1.29 is 0 Å². The first-order valence-corrected chi connectivity index (χ1v) is 19.4. The molecule has 0 saturated heterocycles. The van der Waals surface area contributed by atoms with E-state index in [4.69, 9.17) is 0 Å². The van der Waals surface area contributed by atoms with Crippen molar-refractivity contribution in [3.05, 3.63) is 191 Å². The van der Waals surface area contributed by atoms with E-state index in [1.165, 1.54) is 77.7 Å². The summed E-state index contributed by atoms with van der Waals surface area (Å²) in [5.74, 6) is 0.472. The lowest BCUT2D eigenvalue weighted by atomic mass is 9.68. The molecule has 0 spiro atoms. The van der Waals surface area contributed by atoms with Gasteiger partial charge in [-0.3, -0.25) is 0 Å². The van der Waals surface area contributed by atoms with E-state index < -0.39 is 0 Å². The molecule has 0 saturated carbocycles. The van der Waals surface area contributed by atoms with Crippen LogP contribution < -0.4 is 4.90 Å². The van der Waals surface area contributed by atoms with Gasteiger partial charge in [-0.2, -0.15) is 0 Å². The minimum atomic E-state index is -0.167. The van der Waals surface area contributed by atoms with E-state index in [-0.39, 0.29) is 10.8 Å². The number of benzene rings is 7. The molecule has 1 atom stereocenters. The fraction of sp³-hybridized carbons (Fsp3) is 0.154. The number of hydrogen-bond acceptors (Lipinski definition) is 1. The lowest BCUT2D eigenvalue weighted by Crippen LogP contribution is -2.30. The monoisotopic (exact) mass is 694 g/mol. The van der Waals surface area contributed by atoms with Crippen molar-refractivity contribution in [1.82, 2.24) is 4.57 Å². The van der Waals surface area contributed by atoms with Crippen LogP contribution in [0.15, 0.2) is 158 Å². The second-order valence-electron chi connectivity index (χ2n) is 16.6. The van der Waals surface area contributed by atoms with Gasteiger partial charge in [0, 0.05) is 38.9 Å². The van der Waals surface area contributed by atoms with Crippen LogP contribution in [0.3, 0.4) is 0 Å². The van der Waals surface area contributed by atoms with Crippen LogP contribution in [0.2, 0.25) is 0 Å². The first-order chi connectivity index (χ1) is 26.3. The molecule has 0 radical (unpaired) electrons. The van der Waals surface area contributed by atoms with Crippen molar-refractivity contribution in [1.29, 1.82) is 0 Å². The smallest absolute Gasteiger partial charge is 0.0542 e. The minimum Gasteiger partial charge on any atom is -0.310 e. The standard InChI is InChI=1S/C52H42N2/c1-51(2)45-30-34-16-12-11-15-33(34)29-43(45)42-27-26-41-39-25-23-38(32-46(39)52(3,4)49(41)50(42)51)53(35-17-7-5-8-18-35)37-24-28-48-44(31-37)40-21-13-14-22-47(40)54(48)36-19-9-6-10-20-36/h5-29,31-32,45H,30H2,1-4H3. The Labute approximate surface area is 317 Å². The van der Waals surface area contributed by atoms with E-state index in [1.54, 1.807) is 5.56 Å². The summed E-state index contributed by atoms with van der Waals surface area (Å²) in [5.41, 5.74) is 20.0. The molecule has 1 heterocycles. The average Bonchev–Trinajstić information content (AvgIpc) is 3.74. The summed E-state index contributed by atoms with van der Waals surface area (Å²) < 4.78 is 2.39. The molecule has 0 N–H and O–H groups in total. The molecule has 2 nitrogen and oxygen atoms in total. The number of allylic oxidation sites excluding steroid dienone is 1. The predicted molar refractivity (Wildman–Crippen MR) is 228 cm³/mol. The van der Waals surface area contributed by atoms with E-state index in [1.807, 2.05) is 0 Å². The van der Waals surface area contributed by atoms with E-state index in [0.717, 1.165) is 17.8 Å². The second-order valence-corrected chi connectivity index (χ2v) is 16.6. The Kier molecular flexibility index (Phi) is 6.51. The van der Waals surface area contributed by atoms with E-state index in [9.17, 15) is 0 Å². The van der Waals surface area contributed by atoms with Gasteiger partial charge in [-0.25, -0.2) is 0 Å². The summed E-state index contributed by atoms with van der Waals surface area (Å²) in [6.07, 6.45) is 3.58. The molecular formula is C52H42N2. The molecule has 1 aromatic heterocycles. The molecule has 0 amide bonds. The molecule has 0 aliphatic heterocycles. The Bertz CT molecular complexity index is 2850. The molecule has 0 bridgehead atoms. The summed E-state index contributed by atoms with van der Waals surface area (Å²) in [7, 11) is 0. The molecule has 3 aliphatic carbocycles. The maximum Gasteiger partial charge on any atom is 0.0542 e. The van der Waals surface area contributed by atoms with Gasteiger partial charge in [0.2, 0.25) is 0 Å². The number of nitrogens with zero attached hydrogens (tertiary/aromatic N) is 2. The molecule has 7 aromatic carbocycles. The molecule has 0 fully saturated rings. The van der Waals surface area contributed by atoms with Crippen LogP contribution in [0.25, 0.3) is 50.3 Å². The number of hydrogen-bond donors (Lipinski definition) is 0. The largest absolute Gasteiger partial charge is 0.310 e. The number of rotatable bonds is 4. The summed E-state index contributed by atoms with van der Waals surface area (Å²) in [4.78, 5) is 2.44. The van der Waals surface area contributed by atoms with Crippen molar-refractivity contribution in [3.63, 3.8) is 0 Å². The Morgan fingerprint density at radius 3 is 2.02 bits per heavy atom. The predicted octanol–water partition coefficient (Wildman–Crippen LogP) is 13.6. The van der Waals surface area contributed by atoms with Crippen LogP contribution in [0.5, 0.6) is 0 Å². The van der Waals surface area contributed by atoms with E-state index in [0.29, 0.717) is 5.92 Å². The van der Waals surface area contributed by atoms with Gasteiger partial charge < -0.3 is 9.47 Å². The SMILES string of the molecule is CC1(C)c2cc(N(c3ccccc3)c3ccc4c(c3)c3ccccc3n4-c3ccccc3)ccc2-c2ccc3c(c21)C(C)(C)C1Cc2ccccc2C=C31. The van der Waals surface area contributed by atoms with Crippen LogP contribution in [0, 0.1) is 5.92 Å². The fourth-order valence-corrected chi connectivity index (χ4v) is 10.5. The molecule has 3 aliphatic rings. The van der Waals surface area contributed by atoms with Crippen molar-refractivity contribution >= 4 is 50.5 Å². The Morgan fingerprint density at radius 1 is 0.537 bits per heavy atom. The molecular weight excluding hydrogens is 653 g/mol. The van der Waals surface area contributed by atoms with Crippen molar-refractivity contribution in [2.75, 3.05) is 4.90 Å². The molecule has 1 unspecified atom stereocenters. The van der Waals surface area contributed by atoms with Crippen molar-refractivity contribution in [3.8, 4) is 16.8 Å². The number of fused-ring (bicyclic) bond motifs is 11. The first-order valence-electron chi connectivity index (χ1n) is 19.4. The first kappa shape index (κ1) is 31.4. The highest BCUT2D eigenvalue weighted by atomic mass is 15.1. The highest BCUT2D eigenvalue weighted by Crippen LogP contribution is 2.61. The third kappa shape index (κ3) is 4.28. The molecule has 8 aromatic rings.